The maximum atomic E-state index is 12.4. The van der Waals surface area contributed by atoms with Crippen molar-refractivity contribution in [2.24, 2.45) is 0 Å². The van der Waals surface area contributed by atoms with Gasteiger partial charge in [-0.05, 0) is 55.7 Å². The number of nitrogens with zero attached hydrogens (tertiary/aromatic N) is 1. The Morgan fingerprint density at radius 1 is 0.960 bits per heavy atom. The Kier molecular flexibility index (Phi) is 6.34. The molecule has 0 fully saturated rings. The molecule has 0 aliphatic carbocycles. The lowest BCUT2D eigenvalue weighted by Crippen LogP contribution is -2.30. The van der Waals surface area contributed by atoms with Crippen LogP contribution in [0.4, 0.5) is 5.69 Å². The van der Waals surface area contributed by atoms with E-state index in [1.165, 1.54) is 5.56 Å². The van der Waals surface area contributed by atoms with Gasteiger partial charge in [0.05, 0.1) is 0 Å². The largest absolute Gasteiger partial charge is 0.339 e. The fourth-order valence-corrected chi connectivity index (χ4v) is 2.65. The van der Waals surface area contributed by atoms with Gasteiger partial charge in [0.25, 0.3) is 11.8 Å². The molecule has 0 aromatic heterocycles. The van der Waals surface area contributed by atoms with Crippen molar-refractivity contribution in [3.63, 3.8) is 0 Å². The van der Waals surface area contributed by atoms with Crippen LogP contribution in [0.2, 0.25) is 0 Å². The van der Waals surface area contributed by atoms with Gasteiger partial charge in [0.15, 0.2) is 0 Å². The molecule has 2 aromatic carbocycles. The molecule has 2 aromatic rings. The SMILES string of the molecule is CCN(CC)C(=O)c1cccc(NC(=O)c2ccc(C(C)C)cc2)c1. The number of nitrogens with one attached hydrogen (secondary N) is 1. The van der Waals surface area contributed by atoms with E-state index in [4.69, 9.17) is 0 Å². The van der Waals surface area contributed by atoms with Crippen LogP contribution in [0.5, 0.6) is 0 Å². The molecule has 2 rings (SSSR count). The third-order valence-electron chi connectivity index (χ3n) is 4.26. The van der Waals surface area contributed by atoms with Crippen LogP contribution in [0.15, 0.2) is 48.5 Å². The van der Waals surface area contributed by atoms with Crippen LogP contribution in [0.3, 0.4) is 0 Å². The van der Waals surface area contributed by atoms with Gasteiger partial charge in [-0.2, -0.15) is 0 Å². The quantitative estimate of drug-likeness (QED) is 0.840. The molecule has 0 aliphatic rings. The summed E-state index contributed by atoms with van der Waals surface area (Å²) in [6.45, 7) is 9.46. The number of hydrogen-bond donors (Lipinski definition) is 1. The third kappa shape index (κ3) is 4.69. The Balaban J connectivity index is 2.13. The van der Waals surface area contributed by atoms with E-state index in [0.29, 0.717) is 35.8 Å². The van der Waals surface area contributed by atoms with Gasteiger partial charge in [-0.25, -0.2) is 0 Å². The highest BCUT2D eigenvalue weighted by atomic mass is 16.2. The second kappa shape index (κ2) is 8.47. The van der Waals surface area contributed by atoms with E-state index in [1.54, 1.807) is 29.2 Å². The molecule has 1 N–H and O–H groups in total. The lowest BCUT2D eigenvalue weighted by molar-refractivity contribution is 0.0772. The standard InChI is InChI=1S/C21H26N2O2/c1-5-23(6-2)21(25)18-8-7-9-19(14-18)22-20(24)17-12-10-16(11-13-17)15(3)4/h7-15H,5-6H2,1-4H3,(H,22,24). The average molecular weight is 338 g/mol. The first-order chi connectivity index (χ1) is 12.0. The Bertz CT molecular complexity index is 732. The summed E-state index contributed by atoms with van der Waals surface area (Å²) < 4.78 is 0. The molecule has 0 aliphatic heterocycles. The molecule has 0 spiro atoms. The zero-order chi connectivity index (χ0) is 18.4. The van der Waals surface area contributed by atoms with Gasteiger partial charge in [0.2, 0.25) is 0 Å². The summed E-state index contributed by atoms with van der Waals surface area (Å²) in [6.07, 6.45) is 0. The van der Waals surface area contributed by atoms with E-state index in [2.05, 4.69) is 19.2 Å². The Morgan fingerprint density at radius 3 is 2.16 bits per heavy atom. The van der Waals surface area contributed by atoms with Crippen molar-refractivity contribution in [3.8, 4) is 0 Å². The molecule has 0 bridgehead atoms. The van der Waals surface area contributed by atoms with E-state index in [0.717, 1.165) is 0 Å². The molecular weight excluding hydrogens is 312 g/mol. The van der Waals surface area contributed by atoms with Gasteiger partial charge < -0.3 is 10.2 Å². The molecule has 0 saturated heterocycles. The molecular formula is C21H26N2O2. The first-order valence-electron chi connectivity index (χ1n) is 8.76. The second-order valence-corrected chi connectivity index (χ2v) is 6.29. The normalized spacial score (nSPS) is 10.6. The van der Waals surface area contributed by atoms with Crippen molar-refractivity contribution in [1.82, 2.24) is 4.90 Å². The van der Waals surface area contributed by atoms with Crippen molar-refractivity contribution in [2.45, 2.75) is 33.6 Å². The van der Waals surface area contributed by atoms with Crippen molar-refractivity contribution in [3.05, 3.63) is 65.2 Å². The minimum atomic E-state index is -0.178. The van der Waals surface area contributed by atoms with Crippen LogP contribution < -0.4 is 5.32 Å². The molecule has 2 amide bonds. The summed E-state index contributed by atoms with van der Waals surface area (Å²) in [5, 5.41) is 2.87. The maximum Gasteiger partial charge on any atom is 0.255 e. The highest BCUT2D eigenvalue weighted by molar-refractivity contribution is 6.05. The van der Waals surface area contributed by atoms with Crippen LogP contribution >= 0.6 is 0 Å². The van der Waals surface area contributed by atoms with E-state index in [9.17, 15) is 9.59 Å². The van der Waals surface area contributed by atoms with E-state index in [-0.39, 0.29) is 11.8 Å². The second-order valence-electron chi connectivity index (χ2n) is 6.29. The summed E-state index contributed by atoms with van der Waals surface area (Å²) in [7, 11) is 0. The van der Waals surface area contributed by atoms with Gasteiger partial charge in [0, 0.05) is 29.9 Å². The molecule has 4 heteroatoms. The van der Waals surface area contributed by atoms with Crippen molar-refractivity contribution >= 4 is 17.5 Å². The molecule has 0 heterocycles. The Labute approximate surface area is 149 Å². The number of benzene rings is 2. The van der Waals surface area contributed by atoms with Gasteiger partial charge in [-0.15, -0.1) is 0 Å². The fourth-order valence-electron chi connectivity index (χ4n) is 2.65. The molecule has 0 saturated carbocycles. The predicted octanol–water partition coefficient (Wildman–Crippen LogP) is 4.54. The summed E-state index contributed by atoms with van der Waals surface area (Å²) >= 11 is 0. The predicted molar refractivity (Wildman–Crippen MR) is 102 cm³/mol. The van der Waals surface area contributed by atoms with E-state index < -0.39 is 0 Å². The van der Waals surface area contributed by atoms with Gasteiger partial charge in [-0.3, -0.25) is 9.59 Å². The fraction of sp³-hybridized carbons (Fsp3) is 0.333. The van der Waals surface area contributed by atoms with Crippen molar-refractivity contribution in [1.29, 1.82) is 0 Å². The number of carbonyl (C=O) groups excluding carboxylic acids is 2. The molecule has 0 atom stereocenters. The summed E-state index contributed by atoms with van der Waals surface area (Å²) in [6, 6.07) is 14.7. The molecule has 0 radical (unpaired) electrons. The van der Waals surface area contributed by atoms with E-state index >= 15 is 0 Å². The molecule has 0 unspecified atom stereocenters. The minimum Gasteiger partial charge on any atom is -0.339 e. The highest BCUT2D eigenvalue weighted by Crippen LogP contribution is 2.17. The van der Waals surface area contributed by atoms with Crippen LogP contribution in [0, 0.1) is 0 Å². The van der Waals surface area contributed by atoms with Crippen LogP contribution in [-0.4, -0.2) is 29.8 Å². The zero-order valence-electron chi connectivity index (χ0n) is 15.4. The summed E-state index contributed by atoms with van der Waals surface area (Å²) in [5.74, 6) is 0.227. The molecule has 132 valence electrons. The average Bonchev–Trinajstić information content (AvgIpc) is 2.63. The minimum absolute atomic E-state index is 0.0256. The Morgan fingerprint density at radius 2 is 1.60 bits per heavy atom. The number of carbonyl (C=O) groups is 2. The highest BCUT2D eigenvalue weighted by Gasteiger charge is 2.13. The van der Waals surface area contributed by atoms with Crippen molar-refractivity contribution in [2.75, 3.05) is 18.4 Å². The monoisotopic (exact) mass is 338 g/mol. The lowest BCUT2D eigenvalue weighted by atomic mass is 10.0. The topological polar surface area (TPSA) is 49.4 Å². The van der Waals surface area contributed by atoms with Crippen molar-refractivity contribution < 1.29 is 9.59 Å². The first kappa shape index (κ1) is 18.7. The summed E-state index contributed by atoms with van der Waals surface area (Å²) in [5.41, 5.74) is 3.00. The smallest absolute Gasteiger partial charge is 0.255 e. The van der Waals surface area contributed by atoms with Crippen LogP contribution in [0.1, 0.15) is 59.9 Å². The number of rotatable bonds is 6. The number of hydrogen-bond acceptors (Lipinski definition) is 2. The van der Waals surface area contributed by atoms with Crippen LogP contribution in [0.25, 0.3) is 0 Å². The summed E-state index contributed by atoms with van der Waals surface area (Å²) in [4.78, 5) is 26.6. The van der Waals surface area contributed by atoms with Gasteiger partial charge in [-0.1, -0.05) is 32.0 Å². The van der Waals surface area contributed by atoms with E-state index in [1.807, 2.05) is 38.1 Å². The third-order valence-corrected chi connectivity index (χ3v) is 4.26. The lowest BCUT2D eigenvalue weighted by Gasteiger charge is -2.19. The maximum absolute atomic E-state index is 12.4. The van der Waals surface area contributed by atoms with Gasteiger partial charge >= 0.3 is 0 Å². The number of anilines is 1. The first-order valence-corrected chi connectivity index (χ1v) is 8.76. The zero-order valence-corrected chi connectivity index (χ0v) is 15.4. The van der Waals surface area contributed by atoms with Gasteiger partial charge in [0.1, 0.15) is 0 Å². The van der Waals surface area contributed by atoms with Crippen LogP contribution in [-0.2, 0) is 0 Å². The molecule has 4 nitrogen and oxygen atoms in total. The Hall–Kier alpha value is -2.62. The number of amides is 2. The molecule has 25 heavy (non-hydrogen) atoms.